The third kappa shape index (κ3) is 3.87. The fourth-order valence-electron chi connectivity index (χ4n) is 8.66. The molecule has 4 aliphatic rings. The van der Waals surface area contributed by atoms with Gasteiger partial charge in [-0.15, -0.1) is 0 Å². The Labute approximate surface area is 272 Å². The first-order chi connectivity index (χ1) is 21.9. The second-order valence-electron chi connectivity index (χ2n) is 15.9. The highest BCUT2D eigenvalue weighted by atomic mass is 16.5. The molecule has 228 valence electrons. The second-order valence-corrected chi connectivity index (χ2v) is 15.9. The minimum Gasteiger partial charge on any atom is -0.458 e. The van der Waals surface area contributed by atoms with Gasteiger partial charge < -0.3 is 19.7 Å². The van der Waals surface area contributed by atoms with Crippen LogP contribution in [0.3, 0.4) is 0 Å². The van der Waals surface area contributed by atoms with Crippen LogP contribution in [0.1, 0.15) is 71.6 Å². The monoisotopic (exact) mass is 602 g/mol. The molecule has 0 saturated carbocycles. The average Bonchev–Trinajstić information content (AvgIpc) is 3.19. The number of rotatable bonds is 1. The third-order valence-electron chi connectivity index (χ3n) is 10.6. The predicted octanol–water partition coefficient (Wildman–Crippen LogP) is 9.20. The van der Waals surface area contributed by atoms with E-state index >= 15 is 0 Å². The number of ether oxygens (including phenoxy) is 2. The maximum absolute atomic E-state index is 7.03. The van der Waals surface area contributed by atoms with E-state index in [1.165, 1.54) is 33.1 Å². The summed E-state index contributed by atoms with van der Waals surface area (Å²) in [6.45, 7) is 16.5. The number of fused-ring (bicyclic) bond motifs is 7. The molecule has 5 aromatic carbocycles. The van der Waals surface area contributed by atoms with Crippen LogP contribution < -0.4 is 36.1 Å². The van der Waals surface area contributed by atoms with Gasteiger partial charge in [0.25, 0.3) is 6.71 Å². The van der Waals surface area contributed by atoms with Crippen LogP contribution in [0, 0.1) is 0 Å². The lowest BCUT2D eigenvalue weighted by Gasteiger charge is -2.38. The Balaban J connectivity index is 1.30. The van der Waals surface area contributed by atoms with E-state index in [1.54, 1.807) is 0 Å². The van der Waals surface area contributed by atoms with Gasteiger partial charge in [0.05, 0.1) is 17.1 Å². The molecular formula is C41H39BN2O2. The van der Waals surface area contributed by atoms with Crippen LogP contribution >= 0.6 is 0 Å². The van der Waals surface area contributed by atoms with Crippen molar-refractivity contribution in [1.29, 1.82) is 0 Å². The van der Waals surface area contributed by atoms with Gasteiger partial charge in [0.15, 0.2) is 11.5 Å². The zero-order chi connectivity index (χ0) is 31.7. The first-order valence-electron chi connectivity index (χ1n) is 16.5. The van der Waals surface area contributed by atoms with E-state index in [-0.39, 0.29) is 23.0 Å². The first kappa shape index (κ1) is 27.7. The summed E-state index contributed by atoms with van der Waals surface area (Å²) in [6, 6.07) is 32.9. The van der Waals surface area contributed by atoms with Crippen molar-refractivity contribution in [3.8, 4) is 23.0 Å². The molecule has 0 aromatic heterocycles. The van der Waals surface area contributed by atoms with Gasteiger partial charge in [-0.2, -0.15) is 0 Å². The van der Waals surface area contributed by atoms with E-state index in [1.807, 2.05) is 24.3 Å². The van der Waals surface area contributed by atoms with Crippen LogP contribution in [0.2, 0.25) is 0 Å². The summed E-state index contributed by atoms with van der Waals surface area (Å²) in [7, 11) is 0. The van der Waals surface area contributed by atoms with Gasteiger partial charge in [-0.1, -0.05) is 90.9 Å². The molecule has 5 aromatic rings. The van der Waals surface area contributed by atoms with Gasteiger partial charge in [-0.3, -0.25) is 0 Å². The molecule has 5 heteroatoms. The number of anilines is 5. The Bertz CT molecular complexity index is 2080. The Hall–Kier alpha value is -4.64. The number of hydrogen-bond donors (Lipinski definition) is 1. The smallest absolute Gasteiger partial charge is 0.256 e. The van der Waals surface area contributed by atoms with Crippen LogP contribution in [0.4, 0.5) is 28.4 Å². The van der Waals surface area contributed by atoms with Crippen molar-refractivity contribution in [2.45, 2.75) is 71.1 Å². The zero-order valence-corrected chi connectivity index (χ0v) is 27.7. The lowest BCUT2D eigenvalue weighted by molar-refractivity contribution is 0.402. The number of para-hydroxylation sites is 4. The Morgan fingerprint density at radius 3 is 1.96 bits per heavy atom. The van der Waals surface area contributed by atoms with Crippen LogP contribution in [0.25, 0.3) is 0 Å². The largest absolute Gasteiger partial charge is 0.458 e. The molecule has 0 atom stereocenters. The number of benzene rings is 5. The predicted molar refractivity (Wildman–Crippen MR) is 191 cm³/mol. The zero-order valence-electron chi connectivity index (χ0n) is 27.7. The number of nitrogens with one attached hydrogen (secondary N) is 1. The van der Waals surface area contributed by atoms with Crippen molar-refractivity contribution >= 4 is 51.5 Å². The van der Waals surface area contributed by atoms with E-state index in [2.05, 4.69) is 125 Å². The summed E-state index contributed by atoms with van der Waals surface area (Å²) in [5.74, 6) is 3.55. The number of hydrogen-bond acceptors (Lipinski definition) is 4. The van der Waals surface area contributed by atoms with Crippen molar-refractivity contribution < 1.29 is 9.47 Å². The average molecular weight is 603 g/mol. The quantitative estimate of drug-likeness (QED) is 0.190. The fourth-order valence-corrected chi connectivity index (χ4v) is 8.66. The molecule has 9 rings (SSSR count). The van der Waals surface area contributed by atoms with Crippen LogP contribution in [0.15, 0.2) is 91.0 Å². The molecule has 0 unspecified atom stereocenters. The van der Waals surface area contributed by atoms with Crippen LogP contribution in [-0.2, 0) is 16.2 Å². The SMILES string of the molecule is CC(C)(C)c1ccc2c(c1)B1c3cc4c(cc3Oc3cc(N5c6ccccc6Oc6ccccc65)cc(c31)N2)C(C)(C)CC4(C)C. The molecule has 0 amide bonds. The van der Waals surface area contributed by atoms with Gasteiger partial charge in [-0.05, 0) is 98.2 Å². The normalized spacial score (nSPS) is 17.3. The summed E-state index contributed by atoms with van der Waals surface area (Å²) < 4.78 is 13.4. The van der Waals surface area contributed by atoms with Crippen molar-refractivity contribution in [2.24, 2.45) is 0 Å². The lowest BCUT2D eigenvalue weighted by Crippen LogP contribution is -2.58. The van der Waals surface area contributed by atoms with E-state index in [9.17, 15) is 0 Å². The standard InChI is InChI=1S/C41H39BN2O2/c1-39(2,3)24-16-17-30-28(18-24)42-29-21-26-27(41(6,7)23-40(26,4)5)22-36(29)46-37-20-25(19-31(43-30)38(37)42)44-32-12-8-10-14-34(32)45-35-15-11-9-13-33(35)44/h8-22,43H,23H2,1-7H3. The summed E-state index contributed by atoms with van der Waals surface area (Å²) in [5, 5.41) is 3.86. The molecule has 1 N–H and O–H groups in total. The number of nitrogens with zero attached hydrogens (tertiary/aromatic N) is 1. The first-order valence-corrected chi connectivity index (χ1v) is 16.5. The summed E-state index contributed by atoms with van der Waals surface area (Å²) in [5.41, 5.74) is 13.5. The van der Waals surface area contributed by atoms with Gasteiger partial charge in [0.1, 0.15) is 11.5 Å². The van der Waals surface area contributed by atoms with Gasteiger partial charge >= 0.3 is 0 Å². The summed E-state index contributed by atoms with van der Waals surface area (Å²) >= 11 is 0. The molecule has 4 nitrogen and oxygen atoms in total. The highest BCUT2D eigenvalue weighted by Gasteiger charge is 2.46. The fraction of sp³-hybridized carbons (Fsp3) is 0.268. The molecule has 0 fully saturated rings. The van der Waals surface area contributed by atoms with E-state index in [0.29, 0.717) is 0 Å². The molecule has 0 spiro atoms. The summed E-state index contributed by atoms with van der Waals surface area (Å²) in [6.07, 6.45) is 1.12. The van der Waals surface area contributed by atoms with Crippen LogP contribution in [0.5, 0.6) is 23.0 Å². The van der Waals surface area contributed by atoms with Crippen molar-refractivity contribution in [1.82, 2.24) is 0 Å². The van der Waals surface area contributed by atoms with Gasteiger partial charge in [0.2, 0.25) is 0 Å². The maximum Gasteiger partial charge on any atom is 0.256 e. The van der Waals surface area contributed by atoms with Gasteiger partial charge in [0, 0.05) is 17.4 Å². The van der Waals surface area contributed by atoms with E-state index in [4.69, 9.17) is 9.47 Å². The minimum absolute atomic E-state index is 0.0387. The maximum atomic E-state index is 7.03. The lowest BCUT2D eigenvalue weighted by atomic mass is 9.34. The summed E-state index contributed by atoms with van der Waals surface area (Å²) in [4.78, 5) is 2.30. The molecule has 0 bridgehead atoms. The van der Waals surface area contributed by atoms with Crippen LogP contribution in [-0.4, -0.2) is 6.71 Å². The highest BCUT2D eigenvalue weighted by Crippen LogP contribution is 2.53. The molecule has 46 heavy (non-hydrogen) atoms. The Morgan fingerprint density at radius 1 is 0.652 bits per heavy atom. The molecule has 3 aliphatic heterocycles. The van der Waals surface area contributed by atoms with E-state index in [0.717, 1.165) is 57.9 Å². The van der Waals surface area contributed by atoms with Crippen molar-refractivity contribution in [3.63, 3.8) is 0 Å². The topological polar surface area (TPSA) is 33.7 Å². The Morgan fingerprint density at radius 2 is 1.28 bits per heavy atom. The highest BCUT2D eigenvalue weighted by molar-refractivity contribution is 6.99. The molecule has 1 aliphatic carbocycles. The molecule has 0 saturated heterocycles. The van der Waals surface area contributed by atoms with Crippen molar-refractivity contribution in [2.75, 3.05) is 10.2 Å². The molecule has 3 heterocycles. The molecule has 0 radical (unpaired) electrons. The van der Waals surface area contributed by atoms with Gasteiger partial charge in [-0.25, -0.2) is 0 Å². The third-order valence-corrected chi connectivity index (χ3v) is 10.6. The molecular weight excluding hydrogens is 563 g/mol. The van der Waals surface area contributed by atoms with E-state index < -0.39 is 0 Å². The second kappa shape index (κ2) is 9.00. The Kier molecular flexibility index (Phi) is 5.41. The van der Waals surface area contributed by atoms with Crippen molar-refractivity contribution in [3.05, 3.63) is 108 Å². The minimum atomic E-state index is 0.0387.